The molecule has 0 bridgehead atoms. The molecule has 0 radical (unpaired) electrons. The molecule has 0 atom stereocenters. The van der Waals surface area contributed by atoms with Crippen molar-refractivity contribution in [3.63, 3.8) is 0 Å². The van der Waals surface area contributed by atoms with Gasteiger partial charge in [0.2, 0.25) is 0 Å². The molecule has 0 unspecified atom stereocenters. The molecule has 2 aromatic heterocycles. The fourth-order valence-electron chi connectivity index (χ4n) is 1.39. The number of nitrogens with zero attached hydrogens (tertiary/aromatic N) is 1. The van der Waals surface area contributed by atoms with Crippen LogP contribution in [0.2, 0.25) is 0 Å². The molecule has 0 saturated carbocycles. The van der Waals surface area contributed by atoms with Crippen LogP contribution in [0.15, 0.2) is 47.7 Å². The van der Waals surface area contributed by atoms with Gasteiger partial charge in [-0.15, -0.1) is 0 Å². The summed E-state index contributed by atoms with van der Waals surface area (Å²) >= 11 is 0. The van der Waals surface area contributed by atoms with Crippen molar-refractivity contribution < 1.29 is 4.42 Å². The fourth-order valence-corrected chi connectivity index (χ4v) is 1.39. The third-order valence-electron chi connectivity index (χ3n) is 2.14. The highest BCUT2D eigenvalue weighted by molar-refractivity contribution is 5.83. The van der Waals surface area contributed by atoms with Crippen LogP contribution >= 0.6 is 0 Å². The highest BCUT2D eigenvalue weighted by atomic mass is 16.3. The number of hydrogen-bond acceptors (Lipinski definition) is 2. The molecule has 2 heteroatoms. The van der Waals surface area contributed by atoms with Crippen LogP contribution in [-0.2, 0) is 0 Å². The third kappa shape index (κ3) is 1.35. The van der Waals surface area contributed by atoms with E-state index in [1.54, 1.807) is 18.5 Å². The van der Waals surface area contributed by atoms with Crippen LogP contribution in [0.4, 0.5) is 0 Å². The molecule has 70 valence electrons. The molecule has 14 heavy (non-hydrogen) atoms. The number of fused-ring (bicyclic) bond motifs is 1. The zero-order chi connectivity index (χ0) is 9.97. The Morgan fingerprint density at radius 2 is 2.43 bits per heavy atom. The summed E-state index contributed by atoms with van der Waals surface area (Å²) in [5.41, 5.74) is 1.81. The lowest BCUT2D eigenvalue weighted by Crippen LogP contribution is -1.72. The van der Waals surface area contributed by atoms with Crippen LogP contribution in [0.25, 0.3) is 16.5 Å². The summed E-state index contributed by atoms with van der Waals surface area (Å²) in [4.78, 5) is 4.00. The minimum Gasteiger partial charge on any atom is -0.454 e. The smallest absolute Gasteiger partial charge is 0.153 e. The Kier molecular flexibility index (Phi) is 2.19. The lowest BCUT2D eigenvalue weighted by molar-refractivity contribution is 0.599. The fraction of sp³-hybridized carbons (Fsp3) is 0.0833. The van der Waals surface area contributed by atoms with E-state index in [2.05, 4.69) is 11.6 Å². The van der Waals surface area contributed by atoms with Gasteiger partial charge in [-0.25, -0.2) is 0 Å². The Bertz CT molecular complexity index is 461. The van der Waals surface area contributed by atoms with Gasteiger partial charge >= 0.3 is 0 Å². The highest BCUT2D eigenvalue weighted by Gasteiger charge is 2.04. The van der Waals surface area contributed by atoms with Crippen molar-refractivity contribution >= 4 is 16.5 Å². The minimum absolute atomic E-state index is 0.809. The molecule has 0 saturated heterocycles. The normalized spacial score (nSPS) is 11.9. The second-order valence-electron chi connectivity index (χ2n) is 2.97. The van der Waals surface area contributed by atoms with E-state index in [9.17, 15) is 0 Å². The van der Waals surface area contributed by atoms with Gasteiger partial charge < -0.3 is 4.42 Å². The first kappa shape index (κ1) is 8.75. The molecule has 2 nitrogen and oxygen atoms in total. The lowest BCUT2D eigenvalue weighted by atomic mass is 10.2. The van der Waals surface area contributed by atoms with Crippen molar-refractivity contribution in [2.75, 3.05) is 0 Å². The third-order valence-corrected chi connectivity index (χ3v) is 2.14. The van der Waals surface area contributed by atoms with E-state index >= 15 is 0 Å². The second kappa shape index (κ2) is 3.50. The van der Waals surface area contributed by atoms with Gasteiger partial charge in [0.15, 0.2) is 5.58 Å². The molecule has 2 heterocycles. The number of allylic oxidation sites excluding steroid dienone is 3. The Hall–Kier alpha value is -1.83. The van der Waals surface area contributed by atoms with E-state index in [0.29, 0.717) is 0 Å². The average Bonchev–Trinajstić information content (AvgIpc) is 2.63. The van der Waals surface area contributed by atoms with Gasteiger partial charge in [-0.1, -0.05) is 18.7 Å². The van der Waals surface area contributed by atoms with Crippen molar-refractivity contribution in [2.45, 2.75) is 6.92 Å². The summed E-state index contributed by atoms with van der Waals surface area (Å²) in [6.45, 7) is 5.70. The van der Waals surface area contributed by atoms with E-state index in [0.717, 1.165) is 22.3 Å². The van der Waals surface area contributed by atoms with Gasteiger partial charge in [0.1, 0.15) is 5.76 Å². The van der Waals surface area contributed by atoms with E-state index in [1.807, 2.05) is 25.1 Å². The Morgan fingerprint density at radius 3 is 3.07 bits per heavy atom. The predicted octanol–water partition coefficient (Wildman–Crippen LogP) is 3.42. The van der Waals surface area contributed by atoms with Crippen molar-refractivity contribution in [2.24, 2.45) is 0 Å². The number of furan rings is 1. The number of pyridine rings is 1. The maximum absolute atomic E-state index is 5.61. The second-order valence-corrected chi connectivity index (χ2v) is 2.97. The first-order valence-corrected chi connectivity index (χ1v) is 4.48. The van der Waals surface area contributed by atoms with Crippen LogP contribution < -0.4 is 0 Å². The monoisotopic (exact) mass is 185 g/mol. The lowest BCUT2D eigenvalue weighted by Gasteiger charge is -1.92. The molecule has 0 amide bonds. The van der Waals surface area contributed by atoms with Gasteiger partial charge in [-0.2, -0.15) is 0 Å². The molecule has 0 aromatic carbocycles. The predicted molar refractivity (Wildman–Crippen MR) is 57.9 cm³/mol. The summed E-state index contributed by atoms with van der Waals surface area (Å²) < 4.78 is 5.61. The summed E-state index contributed by atoms with van der Waals surface area (Å²) in [6, 6.07) is 3.92. The maximum atomic E-state index is 5.61. The van der Waals surface area contributed by atoms with Crippen molar-refractivity contribution in [1.29, 1.82) is 0 Å². The Labute approximate surface area is 82.6 Å². The van der Waals surface area contributed by atoms with Crippen LogP contribution in [0.3, 0.4) is 0 Å². The molecule has 0 aliphatic heterocycles. The van der Waals surface area contributed by atoms with Gasteiger partial charge in [0, 0.05) is 17.2 Å². The summed E-state index contributed by atoms with van der Waals surface area (Å²) in [6.07, 6.45) is 7.23. The standard InChI is InChI=1S/C12H11NO/c1-3-9(4-2)11-7-10-5-6-13-8-12(10)14-11/h3-8H,1H2,2H3/b9-4+. The van der Waals surface area contributed by atoms with E-state index in [4.69, 9.17) is 4.42 Å². The topological polar surface area (TPSA) is 26.0 Å². The van der Waals surface area contributed by atoms with Crippen LogP contribution in [0.5, 0.6) is 0 Å². The van der Waals surface area contributed by atoms with Crippen LogP contribution in [0.1, 0.15) is 12.7 Å². The largest absolute Gasteiger partial charge is 0.454 e. The molecule has 2 aromatic rings. The minimum atomic E-state index is 0.809. The summed E-state index contributed by atoms with van der Waals surface area (Å²) in [5, 5.41) is 1.07. The molecule has 0 aliphatic carbocycles. The van der Waals surface area contributed by atoms with E-state index < -0.39 is 0 Å². The number of hydrogen-bond donors (Lipinski definition) is 0. The zero-order valence-electron chi connectivity index (χ0n) is 8.03. The molecular weight excluding hydrogens is 174 g/mol. The molecule has 2 rings (SSSR count). The van der Waals surface area contributed by atoms with Crippen LogP contribution in [0, 0.1) is 0 Å². The summed E-state index contributed by atoms with van der Waals surface area (Å²) in [7, 11) is 0. The van der Waals surface area contributed by atoms with Crippen molar-refractivity contribution in [3.05, 3.63) is 49.0 Å². The molecule has 0 fully saturated rings. The van der Waals surface area contributed by atoms with Crippen molar-refractivity contribution in [1.82, 2.24) is 4.98 Å². The van der Waals surface area contributed by atoms with E-state index in [1.165, 1.54) is 0 Å². The summed E-state index contributed by atoms with van der Waals surface area (Å²) in [5.74, 6) is 0.838. The molecule has 0 aliphatic rings. The van der Waals surface area contributed by atoms with Gasteiger partial charge in [-0.05, 0) is 19.1 Å². The van der Waals surface area contributed by atoms with Crippen LogP contribution in [-0.4, -0.2) is 4.98 Å². The zero-order valence-corrected chi connectivity index (χ0v) is 8.03. The first-order chi connectivity index (χ1) is 6.85. The Balaban J connectivity index is 2.60. The SMILES string of the molecule is C=C/C(=C\C)c1cc2ccncc2o1. The number of aromatic nitrogens is 1. The number of rotatable bonds is 2. The Morgan fingerprint density at radius 1 is 1.57 bits per heavy atom. The highest BCUT2D eigenvalue weighted by Crippen LogP contribution is 2.24. The quantitative estimate of drug-likeness (QED) is 0.670. The molecular formula is C12H11NO. The van der Waals surface area contributed by atoms with Gasteiger partial charge in [0.05, 0.1) is 6.20 Å². The van der Waals surface area contributed by atoms with Crippen molar-refractivity contribution in [3.8, 4) is 0 Å². The first-order valence-electron chi connectivity index (χ1n) is 4.48. The van der Waals surface area contributed by atoms with E-state index in [-0.39, 0.29) is 0 Å². The average molecular weight is 185 g/mol. The maximum Gasteiger partial charge on any atom is 0.153 e. The molecule has 0 N–H and O–H groups in total. The van der Waals surface area contributed by atoms with Gasteiger partial charge in [-0.3, -0.25) is 4.98 Å². The molecule has 0 spiro atoms. The van der Waals surface area contributed by atoms with Gasteiger partial charge in [0.25, 0.3) is 0 Å².